The van der Waals surface area contributed by atoms with E-state index >= 15 is 0 Å². The van der Waals surface area contributed by atoms with Gasteiger partial charge in [0.1, 0.15) is 0 Å². The van der Waals surface area contributed by atoms with Crippen molar-refractivity contribution < 1.29 is 4.42 Å². The van der Waals surface area contributed by atoms with Crippen molar-refractivity contribution in [3.63, 3.8) is 0 Å². The van der Waals surface area contributed by atoms with Crippen LogP contribution in [0.3, 0.4) is 0 Å². The maximum absolute atomic E-state index is 5.13. The zero-order valence-corrected chi connectivity index (χ0v) is 12.3. The Morgan fingerprint density at radius 2 is 2.11 bits per heavy atom. The van der Waals surface area contributed by atoms with Crippen LogP contribution in [0, 0.1) is 5.92 Å². The first-order valence-corrected chi connectivity index (χ1v) is 7.05. The van der Waals surface area contributed by atoms with Crippen molar-refractivity contribution in [2.75, 3.05) is 20.1 Å². The lowest BCUT2D eigenvalue weighted by Crippen LogP contribution is -2.40. The normalized spacial score (nSPS) is 13.4. The lowest BCUT2D eigenvalue weighted by Gasteiger charge is -2.28. The molecule has 104 valence electrons. The third kappa shape index (κ3) is 5.69. The second-order valence-corrected chi connectivity index (χ2v) is 5.54. The summed E-state index contributed by atoms with van der Waals surface area (Å²) in [7, 11) is 2.20. The van der Waals surface area contributed by atoms with Gasteiger partial charge in [0.2, 0.25) is 0 Å². The van der Waals surface area contributed by atoms with Gasteiger partial charge in [0, 0.05) is 24.7 Å². The van der Waals surface area contributed by atoms with Crippen LogP contribution >= 0.6 is 0 Å². The molecule has 1 heterocycles. The molecular formula is C15H28N2O. The average Bonchev–Trinajstić information content (AvgIpc) is 2.80. The van der Waals surface area contributed by atoms with E-state index in [9.17, 15) is 0 Å². The van der Waals surface area contributed by atoms with Gasteiger partial charge in [0.25, 0.3) is 0 Å². The molecule has 0 aliphatic carbocycles. The third-order valence-corrected chi connectivity index (χ3v) is 3.19. The van der Waals surface area contributed by atoms with Crippen LogP contribution in [0.2, 0.25) is 0 Å². The average molecular weight is 252 g/mol. The summed E-state index contributed by atoms with van der Waals surface area (Å²) in [6.07, 6.45) is 6.04. The summed E-state index contributed by atoms with van der Waals surface area (Å²) in [4.78, 5) is 2.42. The standard InChI is InChI=1S/C15H28N2O/c1-5-6-15(10-16-9-13(2)3)17(4)11-14-7-8-18-12-14/h7-8,12-13,15-16H,5-6,9-11H2,1-4H3. The number of rotatable bonds is 9. The lowest BCUT2D eigenvalue weighted by molar-refractivity contribution is 0.213. The Labute approximate surface area is 112 Å². The van der Waals surface area contributed by atoms with Gasteiger partial charge in [-0.05, 0) is 32.0 Å². The summed E-state index contributed by atoms with van der Waals surface area (Å²) in [5.41, 5.74) is 1.25. The Balaban J connectivity index is 2.39. The van der Waals surface area contributed by atoms with Crippen molar-refractivity contribution in [3.8, 4) is 0 Å². The summed E-state index contributed by atoms with van der Waals surface area (Å²) < 4.78 is 5.13. The van der Waals surface area contributed by atoms with Crippen molar-refractivity contribution in [2.45, 2.75) is 46.2 Å². The zero-order valence-electron chi connectivity index (χ0n) is 12.3. The van der Waals surface area contributed by atoms with Gasteiger partial charge in [-0.2, -0.15) is 0 Å². The van der Waals surface area contributed by atoms with Gasteiger partial charge in [0.05, 0.1) is 12.5 Å². The quantitative estimate of drug-likeness (QED) is 0.732. The molecule has 0 radical (unpaired) electrons. The number of hydrogen-bond acceptors (Lipinski definition) is 3. The van der Waals surface area contributed by atoms with E-state index in [1.165, 1.54) is 18.4 Å². The minimum absolute atomic E-state index is 0.601. The predicted molar refractivity (Wildman–Crippen MR) is 76.6 cm³/mol. The smallest absolute Gasteiger partial charge is 0.0947 e. The van der Waals surface area contributed by atoms with Crippen molar-refractivity contribution in [1.29, 1.82) is 0 Å². The Morgan fingerprint density at radius 3 is 2.67 bits per heavy atom. The maximum atomic E-state index is 5.13. The van der Waals surface area contributed by atoms with E-state index in [0.29, 0.717) is 12.0 Å². The lowest BCUT2D eigenvalue weighted by atomic mass is 10.1. The second kappa shape index (κ2) is 8.33. The molecule has 0 spiro atoms. The fourth-order valence-electron chi connectivity index (χ4n) is 2.15. The topological polar surface area (TPSA) is 28.4 Å². The monoisotopic (exact) mass is 252 g/mol. The molecule has 0 fully saturated rings. The largest absolute Gasteiger partial charge is 0.472 e. The SMILES string of the molecule is CCCC(CNCC(C)C)N(C)Cc1ccoc1. The minimum Gasteiger partial charge on any atom is -0.472 e. The van der Waals surface area contributed by atoms with E-state index < -0.39 is 0 Å². The Morgan fingerprint density at radius 1 is 1.33 bits per heavy atom. The highest BCUT2D eigenvalue weighted by Gasteiger charge is 2.14. The number of hydrogen-bond donors (Lipinski definition) is 1. The van der Waals surface area contributed by atoms with Crippen molar-refractivity contribution in [2.24, 2.45) is 5.92 Å². The van der Waals surface area contributed by atoms with Crippen LogP contribution in [0.15, 0.2) is 23.0 Å². The highest BCUT2D eigenvalue weighted by atomic mass is 16.3. The first-order valence-electron chi connectivity index (χ1n) is 7.05. The van der Waals surface area contributed by atoms with Gasteiger partial charge in [-0.15, -0.1) is 0 Å². The van der Waals surface area contributed by atoms with Gasteiger partial charge in [-0.3, -0.25) is 4.90 Å². The summed E-state index contributed by atoms with van der Waals surface area (Å²) >= 11 is 0. The van der Waals surface area contributed by atoms with Gasteiger partial charge in [0.15, 0.2) is 0 Å². The molecule has 0 aliphatic heterocycles. The van der Waals surface area contributed by atoms with Crippen molar-refractivity contribution >= 4 is 0 Å². The number of nitrogens with one attached hydrogen (secondary N) is 1. The van der Waals surface area contributed by atoms with E-state index in [0.717, 1.165) is 19.6 Å². The molecule has 1 aromatic heterocycles. The molecule has 1 N–H and O–H groups in total. The first-order chi connectivity index (χ1) is 8.63. The Hall–Kier alpha value is -0.800. The molecule has 0 aliphatic rings. The summed E-state index contributed by atoms with van der Waals surface area (Å²) in [5, 5.41) is 3.57. The molecule has 0 saturated carbocycles. The summed E-state index contributed by atoms with van der Waals surface area (Å²) in [6, 6.07) is 2.64. The van der Waals surface area contributed by atoms with Crippen LogP contribution in [-0.2, 0) is 6.54 Å². The summed E-state index contributed by atoms with van der Waals surface area (Å²) in [5.74, 6) is 0.714. The summed E-state index contributed by atoms with van der Waals surface area (Å²) in [6.45, 7) is 9.87. The molecule has 1 atom stereocenters. The van der Waals surface area contributed by atoms with Crippen LogP contribution in [0.25, 0.3) is 0 Å². The molecule has 3 nitrogen and oxygen atoms in total. The van der Waals surface area contributed by atoms with E-state index in [1.807, 2.05) is 12.3 Å². The second-order valence-electron chi connectivity index (χ2n) is 5.54. The van der Waals surface area contributed by atoms with E-state index in [1.54, 1.807) is 6.26 Å². The van der Waals surface area contributed by atoms with Gasteiger partial charge >= 0.3 is 0 Å². The first kappa shape index (κ1) is 15.3. The van der Waals surface area contributed by atoms with E-state index in [-0.39, 0.29) is 0 Å². The van der Waals surface area contributed by atoms with Crippen molar-refractivity contribution in [3.05, 3.63) is 24.2 Å². The van der Waals surface area contributed by atoms with Gasteiger partial charge < -0.3 is 9.73 Å². The zero-order chi connectivity index (χ0) is 13.4. The molecule has 0 amide bonds. The highest BCUT2D eigenvalue weighted by molar-refractivity contribution is 5.05. The predicted octanol–water partition coefficient (Wildman–Crippen LogP) is 3.13. The third-order valence-electron chi connectivity index (χ3n) is 3.19. The molecule has 1 aromatic rings. The van der Waals surface area contributed by atoms with Crippen LogP contribution < -0.4 is 5.32 Å². The van der Waals surface area contributed by atoms with Crippen molar-refractivity contribution in [1.82, 2.24) is 10.2 Å². The molecule has 1 unspecified atom stereocenters. The maximum Gasteiger partial charge on any atom is 0.0947 e. The van der Waals surface area contributed by atoms with Crippen LogP contribution in [0.5, 0.6) is 0 Å². The van der Waals surface area contributed by atoms with Crippen LogP contribution in [0.1, 0.15) is 39.2 Å². The van der Waals surface area contributed by atoms with Gasteiger partial charge in [-0.25, -0.2) is 0 Å². The molecule has 1 rings (SSSR count). The Bertz CT molecular complexity index is 295. The molecule has 0 bridgehead atoms. The molecule has 0 aromatic carbocycles. The van der Waals surface area contributed by atoms with Gasteiger partial charge in [-0.1, -0.05) is 27.2 Å². The molecular weight excluding hydrogens is 224 g/mol. The molecule has 0 saturated heterocycles. The fraction of sp³-hybridized carbons (Fsp3) is 0.733. The van der Waals surface area contributed by atoms with E-state index in [4.69, 9.17) is 4.42 Å². The molecule has 3 heteroatoms. The number of furan rings is 1. The Kier molecular flexibility index (Phi) is 7.06. The molecule has 18 heavy (non-hydrogen) atoms. The van der Waals surface area contributed by atoms with Crippen LogP contribution in [0.4, 0.5) is 0 Å². The van der Waals surface area contributed by atoms with E-state index in [2.05, 4.69) is 38.0 Å². The highest BCUT2D eigenvalue weighted by Crippen LogP contribution is 2.10. The minimum atomic E-state index is 0.601. The van der Waals surface area contributed by atoms with Crippen LogP contribution in [-0.4, -0.2) is 31.1 Å². The fourth-order valence-corrected chi connectivity index (χ4v) is 2.15. The number of likely N-dealkylation sites (N-methyl/N-ethyl adjacent to an activating group) is 1. The number of nitrogens with zero attached hydrogens (tertiary/aromatic N) is 1.